The summed E-state index contributed by atoms with van der Waals surface area (Å²) in [5, 5.41) is 0. The molecule has 3 rings (SSSR count). The predicted molar refractivity (Wildman–Crippen MR) is 77.0 cm³/mol. The monoisotopic (exact) mass is 316 g/mol. The van der Waals surface area contributed by atoms with Crippen LogP contribution >= 0.6 is 0 Å². The summed E-state index contributed by atoms with van der Waals surface area (Å²) in [4.78, 5) is 12.9. The number of carbonyl (C=O) groups excluding carboxylic acids is 1. The van der Waals surface area contributed by atoms with Gasteiger partial charge in [-0.05, 0) is 37.5 Å². The van der Waals surface area contributed by atoms with Crippen LogP contribution < -0.4 is 0 Å². The van der Waals surface area contributed by atoms with Crippen molar-refractivity contribution in [2.45, 2.75) is 64.4 Å². The fourth-order valence-corrected chi connectivity index (χ4v) is 6.58. The molecule has 4 unspecified atom stereocenters. The Morgan fingerprint density at radius 3 is 2.33 bits per heavy atom. The van der Waals surface area contributed by atoms with Crippen molar-refractivity contribution in [1.82, 2.24) is 0 Å². The Hall–Kier alpha value is -0.460. The summed E-state index contributed by atoms with van der Waals surface area (Å²) < 4.78 is 34.7. The first-order chi connectivity index (χ1) is 9.57. The van der Waals surface area contributed by atoms with E-state index in [1.165, 1.54) is 0 Å². The van der Waals surface area contributed by atoms with E-state index in [1.807, 2.05) is 20.8 Å². The number of hydrogen-bond acceptors (Lipinski definition) is 5. The fraction of sp³-hybridized carbons (Fsp3) is 0.933. The van der Waals surface area contributed by atoms with Crippen LogP contribution in [0, 0.1) is 16.7 Å². The summed E-state index contributed by atoms with van der Waals surface area (Å²) in [5.74, 6) is -0.386. The molecule has 120 valence electrons. The van der Waals surface area contributed by atoms with Crippen LogP contribution in [0.3, 0.4) is 0 Å². The smallest absolute Gasteiger partial charge is 0.282 e. The molecule has 0 spiro atoms. The van der Waals surface area contributed by atoms with Gasteiger partial charge in [0.25, 0.3) is 10.1 Å². The second-order valence-corrected chi connectivity index (χ2v) is 9.52. The Morgan fingerprint density at radius 2 is 1.86 bits per heavy atom. The van der Waals surface area contributed by atoms with Gasteiger partial charge in [-0.25, -0.2) is 4.18 Å². The lowest BCUT2D eigenvalue weighted by atomic mass is 9.70. The molecule has 1 heterocycles. The van der Waals surface area contributed by atoms with E-state index in [0.717, 1.165) is 19.3 Å². The number of rotatable bonds is 3. The number of carbonyl (C=O) groups is 1. The van der Waals surface area contributed by atoms with Gasteiger partial charge in [0.05, 0.1) is 0 Å². The normalized spacial score (nSPS) is 45.4. The molecule has 4 atom stereocenters. The molecule has 0 amide bonds. The molecule has 21 heavy (non-hydrogen) atoms. The van der Waals surface area contributed by atoms with Crippen molar-refractivity contribution in [1.29, 1.82) is 0 Å². The molecule has 5 nitrogen and oxygen atoms in total. The van der Waals surface area contributed by atoms with Crippen LogP contribution in [0.5, 0.6) is 0 Å². The molecule has 0 N–H and O–H groups in total. The molecule has 1 saturated heterocycles. The Bertz CT molecular complexity index is 575. The fourth-order valence-electron chi connectivity index (χ4n) is 4.73. The molecule has 2 aliphatic carbocycles. The molecule has 0 radical (unpaired) electrons. The van der Waals surface area contributed by atoms with Crippen molar-refractivity contribution < 1.29 is 22.1 Å². The van der Waals surface area contributed by atoms with Gasteiger partial charge in [-0.1, -0.05) is 20.8 Å². The molecule has 0 aromatic rings. The first-order valence-corrected chi connectivity index (χ1v) is 9.07. The van der Waals surface area contributed by atoms with Crippen LogP contribution in [0.25, 0.3) is 0 Å². The third-order valence-electron chi connectivity index (χ3n) is 6.48. The van der Waals surface area contributed by atoms with Gasteiger partial charge in [0.15, 0.2) is 16.8 Å². The summed E-state index contributed by atoms with van der Waals surface area (Å²) in [6, 6.07) is 0. The highest BCUT2D eigenvalue weighted by molar-refractivity contribution is 7.89. The Labute approximate surface area is 126 Å². The molecular weight excluding hydrogens is 292 g/mol. The van der Waals surface area contributed by atoms with E-state index < -0.39 is 26.6 Å². The lowest BCUT2D eigenvalue weighted by molar-refractivity contribution is -0.130. The van der Waals surface area contributed by atoms with Gasteiger partial charge in [0.2, 0.25) is 0 Å². The maximum Gasteiger partial charge on any atom is 0.282 e. The van der Waals surface area contributed by atoms with Crippen molar-refractivity contribution in [3.63, 3.8) is 0 Å². The summed E-state index contributed by atoms with van der Waals surface area (Å²) in [5.41, 5.74) is -0.912. The summed E-state index contributed by atoms with van der Waals surface area (Å²) in [7, 11) is -4.01. The van der Waals surface area contributed by atoms with Crippen molar-refractivity contribution in [3.8, 4) is 0 Å². The minimum atomic E-state index is -4.01. The van der Waals surface area contributed by atoms with Crippen molar-refractivity contribution in [2.75, 3.05) is 6.61 Å². The van der Waals surface area contributed by atoms with Crippen LogP contribution in [0.2, 0.25) is 0 Å². The third-order valence-corrected chi connectivity index (χ3v) is 8.46. The van der Waals surface area contributed by atoms with E-state index >= 15 is 0 Å². The second kappa shape index (κ2) is 4.30. The highest BCUT2D eigenvalue weighted by Crippen LogP contribution is 2.68. The van der Waals surface area contributed by atoms with Gasteiger partial charge in [-0.2, -0.15) is 8.42 Å². The van der Waals surface area contributed by atoms with Crippen LogP contribution in [0.1, 0.15) is 53.4 Å². The number of Topliss-reactive ketones (excluding diaryl/α,β-unsaturated/α-hetero) is 1. The molecule has 2 bridgehead atoms. The van der Waals surface area contributed by atoms with Crippen molar-refractivity contribution in [3.05, 3.63) is 0 Å². The minimum absolute atomic E-state index is 0.186. The van der Waals surface area contributed by atoms with Crippen LogP contribution in [0.4, 0.5) is 0 Å². The molecule has 0 aromatic carbocycles. The molecule has 3 fully saturated rings. The Kier molecular flexibility index (Phi) is 3.16. The Morgan fingerprint density at radius 1 is 1.19 bits per heavy atom. The van der Waals surface area contributed by atoms with Gasteiger partial charge in [0, 0.05) is 18.4 Å². The number of fused-ring (bicyclic) bond motifs is 2. The molecule has 6 heteroatoms. The number of hydrogen-bond donors (Lipinski definition) is 0. The van der Waals surface area contributed by atoms with Gasteiger partial charge in [0.1, 0.15) is 0 Å². The van der Waals surface area contributed by atoms with E-state index in [-0.39, 0.29) is 17.1 Å². The van der Waals surface area contributed by atoms with Crippen LogP contribution in [-0.2, 0) is 23.8 Å². The molecule has 3 aliphatic rings. The standard InChI is InChI=1S/C15H24O5S/c1-13(2)10-7-8-14(13,3)12(16)15(10,4)21(17,18)20-11-6-5-9-19-11/h10-11H,5-9H2,1-4H3. The maximum atomic E-state index is 12.9. The van der Waals surface area contributed by atoms with E-state index in [0.29, 0.717) is 13.0 Å². The third kappa shape index (κ3) is 1.70. The van der Waals surface area contributed by atoms with E-state index in [4.69, 9.17) is 8.92 Å². The molecule has 2 saturated carbocycles. The highest BCUT2D eigenvalue weighted by atomic mass is 32.2. The van der Waals surface area contributed by atoms with Gasteiger partial charge in [-0.3, -0.25) is 4.79 Å². The quantitative estimate of drug-likeness (QED) is 0.747. The van der Waals surface area contributed by atoms with E-state index in [2.05, 4.69) is 0 Å². The van der Waals surface area contributed by atoms with Gasteiger partial charge >= 0.3 is 0 Å². The van der Waals surface area contributed by atoms with E-state index in [1.54, 1.807) is 6.92 Å². The van der Waals surface area contributed by atoms with Crippen LogP contribution in [0.15, 0.2) is 0 Å². The summed E-state index contributed by atoms with van der Waals surface area (Å²) in [6.07, 6.45) is 2.13. The van der Waals surface area contributed by atoms with Crippen molar-refractivity contribution >= 4 is 15.9 Å². The van der Waals surface area contributed by atoms with Crippen molar-refractivity contribution in [2.24, 2.45) is 16.7 Å². The molecule has 0 aromatic heterocycles. The first-order valence-electron chi connectivity index (χ1n) is 7.67. The topological polar surface area (TPSA) is 69.7 Å². The molecule has 1 aliphatic heterocycles. The van der Waals surface area contributed by atoms with Crippen LogP contribution in [-0.4, -0.2) is 31.8 Å². The number of ketones is 1. The zero-order valence-electron chi connectivity index (χ0n) is 13.1. The lowest BCUT2D eigenvalue weighted by Gasteiger charge is -2.34. The maximum absolute atomic E-state index is 12.9. The summed E-state index contributed by atoms with van der Waals surface area (Å²) >= 11 is 0. The minimum Gasteiger partial charge on any atom is -0.351 e. The highest BCUT2D eigenvalue weighted by Gasteiger charge is 2.76. The van der Waals surface area contributed by atoms with E-state index in [9.17, 15) is 13.2 Å². The lowest BCUT2D eigenvalue weighted by Crippen LogP contribution is -2.51. The summed E-state index contributed by atoms with van der Waals surface area (Å²) in [6.45, 7) is 7.99. The SMILES string of the molecule is CC12CCC(C1(C)C)C(C)(S(=O)(=O)OC1CCCO1)C2=O. The number of ether oxygens (including phenoxy) is 1. The van der Waals surface area contributed by atoms with Gasteiger partial charge < -0.3 is 4.74 Å². The average Bonchev–Trinajstić information content (AvgIpc) is 2.97. The predicted octanol–water partition coefficient (Wildman–Crippen LogP) is 2.25. The Balaban J connectivity index is 1.99. The molecular formula is C15H24O5S. The zero-order chi connectivity index (χ0) is 15.7. The zero-order valence-corrected chi connectivity index (χ0v) is 14.0. The first kappa shape index (κ1) is 15.4. The van der Waals surface area contributed by atoms with Gasteiger partial charge in [-0.15, -0.1) is 0 Å². The second-order valence-electron chi connectivity index (χ2n) is 7.57. The largest absolute Gasteiger partial charge is 0.351 e. The average molecular weight is 316 g/mol.